The van der Waals surface area contributed by atoms with Gasteiger partial charge in [-0.3, -0.25) is 9.78 Å². The Morgan fingerprint density at radius 2 is 0.812 bits per heavy atom. The van der Waals surface area contributed by atoms with Gasteiger partial charge >= 0.3 is 24.2 Å². The second-order valence-electron chi connectivity index (χ2n) is 9.88. The number of hydrogen-bond donors (Lipinski definition) is 0. The summed E-state index contributed by atoms with van der Waals surface area (Å²) in [5, 5.41) is 8.54. The van der Waals surface area contributed by atoms with Gasteiger partial charge in [0.25, 0.3) is 0 Å². The van der Waals surface area contributed by atoms with Crippen molar-refractivity contribution >= 4 is 24.2 Å². The molecule has 18 heteroatoms. The molecule has 0 unspecified atom stereocenters. The van der Waals surface area contributed by atoms with Crippen LogP contribution in [0.1, 0.15) is 46.4 Å². The van der Waals surface area contributed by atoms with Gasteiger partial charge in [0.05, 0.1) is 77.1 Å². The van der Waals surface area contributed by atoms with Crippen LogP contribution >= 0.6 is 0 Å². The van der Waals surface area contributed by atoms with E-state index in [-0.39, 0.29) is 70.7 Å². The van der Waals surface area contributed by atoms with Crippen molar-refractivity contribution < 1.29 is 86.7 Å². The molecule has 2 aromatic carbocycles. The smallest absolute Gasteiger partial charge is 0.493 e. The van der Waals surface area contributed by atoms with Crippen molar-refractivity contribution in [2.45, 2.75) is 25.7 Å². The van der Waals surface area contributed by atoms with E-state index in [0.717, 1.165) is 0 Å². The zero-order valence-corrected chi connectivity index (χ0v) is 27.1. The number of benzene rings is 2. The summed E-state index contributed by atoms with van der Waals surface area (Å²) in [6.07, 6.45) is 0.164. The number of carbonyl (C=O) groups excluding carboxylic acids is 4. The second kappa shape index (κ2) is 18.7. The van der Waals surface area contributed by atoms with Crippen LogP contribution in [-0.2, 0) is 39.1 Å². The molecule has 3 rings (SSSR count). The van der Waals surface area contributed by atoms with Gasteiger partial charge in [-0.05, 0) is 61.8 Å². The normalized spacial score (nSPS) is 15.2. The fourth-order valence-corrected chi connectivity index (χ4v) is 4.63. The van der Waals surface area contributed by atoms with E-state index in [2.05, 4.69) is 29.6 Å². The molecule has 0 spiro atoms. The van der Waals surface area contributed by atoms with Crippen molar-refractivity contribution in [3.8, 4) is 34.5 Å². The summed E-state index contributed by atoms with van der Waals surface area (Å²) < 4.78 is 41.1. The van der Waals surface area contributed by atoms with E-state index in [1.165, 1.54) is 66.9 Å². The molecule has 0 saturated heterocycles. The SMILES string of the molecule is COc1cc(C(=O)OOOC(=O)OCC2CCC(COC(=O)OOOC(=O)c3cc(OC)c(OC)c(OC)c3)CC2)cc(OC)c1OC. The molecule has 0 bridgehead atoms. The average Bonchev–Trinajstić information content (AvgIpc) is 3.11. The molecule has 0 aliphatic heterocycles. The van der Waals surface area contributed by atoms with Crippen LogP contribution in [0.4, 0.5) is 9.59 Å². The van der Waals surface area contributed by atoms with E-state index in [0.29, 0.717) is 25.7 Å². The topological polar surface area (TPSA) is 197 Å². The summed E-state index contributed by atoms with van der Waals surface area (Å²) in [4.78, 5) is 66.0. The summed E-state index contributed by atoms with van der Waals surface area (Å²) >= 11 is 0. The standard InChI is InChI=1S/C30H36O18/c1-35-21-11-19(12-22(36-2)25(21)39-5)27(31)43-47-45-29(33)41-15-17-7-9-18(10-8-17)16-42-30(34)46-48-44-28(32)20-13-23(37-3)26(40-6)24(14-20)38-4/h11-14,17-18H,7-10,15-16H2,1-6H3. The van der Waals surface area contributed by atoms with Crippen molar-refractivity contribution in [1.29, 1.82) is 0 Å². The molecule has 0 atom stereocenters. The highest BCUT2D eigenvalue weighted by molar-refractivity contribution is 5.91. The summed E-state index contributed by atoms with van der Waals surface area (Å²) in [6, 6.07) is 5.28. The predicted molar refractivity (Wildman–Crippen MR) is 156 cm³/mol. The maximum Gasteiger partial charge on any atom is 0.543 e. The Morgan fingerprint density at radius 3 is 1.08 bits per heavy atom. The van der Waals surface area contributed by atoms with Gasteiger partial charge in [0.15, 0.2) is 23.0 Å². The van der Waals surface area contributed by atoms with Gasteiger partial charge in [-0.25, -0.2) is 29.0 Å². The van der Waals surface area contributed by atoms with Crippen molar-refractivity contribution in [2.24, 2.45) is 11.8 Å². The zero-order valence-electron chi connectivity index (χ0n) is 27.1. The minimum absolute atomic E-state index is 0.000444. The predicted octanol–water partition coefficient (Wildman–Crippen LogP) is 4.56. The maximum absolute atomic E-state index is 12.3. The molecule has 2 aromatic rings. The highest BCUT2D eigenvalue weighted by Gasteiger charge is 2.25. The summed E-state index contributed by atoms with van der Waals surface area (Å²) in [7, 11) is 8.31. The summed E-state index contributed by atoms with van der Waals surface area (Å²) in [5.74, 6) is -0.674. The monoisotopic (exact) mass is 684 g/mol. The molecule has 18 nitrogen and oxygen atoms in total. The second-order valence-corrected chi connectivity index (χ2v) is 9.88. The van der Waals surface area contributed by atoms with E-state index in [1.54, 1.807) is 0 Å². The van der Waals surface area contributed by atoms with Gasteiger partial charge in [0, 0.05) is 0 Å². The lowest BCUT2D eigenvalue weighted by atomic mass is 9.83. The Labute approximate surface area is 274 Å². The van der Waals surface area contributed by atoms with Crippen molar-refractivity contribution in [3.05, 3.63) is 35.4 Å². The third-order valence-electron chi connectivity index (χ3n) is 7.06. The van der Waals surface area contributed by atoms with Gasteiger partial charge in [-0.15, -0.1) is 0 Å². The molecule has 0 heterocycles. The van der Waals surface area contributed by atoms with Crippen LogP contribution in [0.5, 0.6) is 34.5 Å². The lowest BCUT2D eigenvalue weighted by Crippen LogP contribution is -2.24. The molecule has 1 aliphatic rings. The summed E-state index contributed by atoms with van der Waals surface area (Å²) in [6.45, 7) is 0.0353. The molecule has 0 N–H and O–H groups in total. The molecule has 0 amide bonds. The molecule has 1 aliphatic carbocycles. The first-order valence-corrected chi connectivity index (χ1v) is 14.2. The molecule has 264 valence electrons. The molecule has 1 saturated carbocycles. The minimum Gasteiger partial charge on any atom is -0.493 e. The first kappa shape index (κ1) is 37.1. The number of methoxy groups -OCH3 is 6. The van der Waals surface area contributed by atoms with E-state index >= 15 is 0 Å². The number of hydrogen-bond acceptors (Lipinski definition) is 18. The van der Waals surface area contributed by atoms with Crippen molar-refractivity contribution in [3.63, 3.8) is 0 Å². The lowest BCUT2D eigenvalue weighted by Gasteiger charge is -2.27. The van der Waals surface area contributed by atoms with Crippen molar-refractivity contribution in [2.75, 3.05) is 55.9 Å². The zero-order chi connectivity index (χ0) is 35.1. The third kappa shape index (κ3) is 10.3. The van der Waals surface area contributed by atoms with Gasteiger partial charge in [0.2, 0.25) is 11.5 Å². The van der Waals surface area contributed by atoms with Crippen LogP contribution in [0.3, 0.4) is 0 Å². The molecule has 0 aromatic heterocycles. The molecule has 0 radical (unpaired) electrons. The van der Waals surface area contributed by atoms with Crippen LogP contribution in [0, 0.1) is 11.8 Å². The fraction of sp³-hybridized carbons (Fsp3) is 0.467. The van der Waals surface area contributed by atoms with Crippen molar-refractivity contribution in [1.82, 2.24) is 0 Å². The highest BCUT2D eigenvalue weighted by Crippen LogP contribution is 2.39. The number of rotatable bonds is 16. The fourth-order valence-electron chi connectivity index (χ4n) is 4.63. The third-order valence-corrected chi connectivity index (χ3v) is 7.06. The quantitative estimate of drug-likeness (QED) is 0.135. The van der Waals surface area contributed by atoms with Crippen LogP contribution in [-0.4, -0.2) is 80.1 Å². The molecule has 1 fully saturated rings. The Balaban J connectivity index is 1.29. The summed E-state index contributed by atoms with van der Waals surface area (Å²) in [5.41, 5.74) is -0.0576. The Kier molecular flexibility index (Phi) is 14.5. The highest BCUT2D eigenvalue weighted by atomic mass is 17.5. The Hall–Kier alpha value is -5.36. The average molecular weight is 685 g/mol. The Morgan fingerprint density at radius 1 is 0.500 bits per heavy atom. The van der Waals surface area contributed by atoms with E-state index < -0.39 is 24.2 Å². The largest absolute Gasteiger partial charge is 0.543 e. The number of ether oxygens (including phenoxy) is 8. The lowest BCUT2D eigenvalue weighted by molar-refractivity contribution is -0.452. The first-order valence-electron chi connectivity index (χ1n) is 14.2. The van der Waals surface area contributed by atoms with Crippen LogP contribution < -0.4 is 28.4 Å². The minimum atomic E-state index is -1.22. The number of carbonyl (C=O) groups is 4. The Bertz CT molecular complexity index is 1240. The molecular formula is C30H36O18. The van der Waals surface area contributed by atoms with Crippen LogP contribution in [0.25, 0.3) is 0 Å². The van der Waals surface area contributed by atoms with E-state index in [4.69, 9.17) is 37.9 Å². The van der Waals surface area contributed by atoms with Crippen LogP contribution in [0.2, 0.25) is 0 Å². The van der Waals surface area contributed by atoms with E-state index in [9.17, 15) is 19.2 Å². The van der Waals surface area contributed by atoms with Crippen LogP contribution in [0.15, 0.2) is 24.3 Å². The molecular weight excluding hydrogens is 648 g/mol. The van der Waals surface area contributed by atoms with Gasteiger partial charge in [-0.2, -0.15) is 0 Å². The maximum atomic E-state index is 12.3. The van der Waals surface area contributed by atoms with Gasteiger partial charge in [-0.1, -0.05) is 0 Å². The molecule has 48 heavy (non-hydrogen) atoms. The van der Waals surface area contributed by atoms with Gasteiger partial charge < -0.3 is 37.9 Å². The van der Waals surface area contributed by atoms with E-state index in [1.807, 2.05) is 0 Å². The van der Waals surface area contributed by atoms with Gasteiger partial charge in [0.1, 0.15) is 0 Å². The first-order chi connectivity index (χ1) is 23.2.